The van der Waals surface area contributed by atoms with Crippen LogP contribution in [-0.2, 0) is 15.4 Å². The molecule has 0 aliphatic carbocycles. The fourth-order valence-electron chi connectivity index (χ4n) is 4.60. The molecule has 0 bridgehead atoms. The van der Waals surface area contributed by atoms with Gasteiger partial charge < -0.3 is 24.0 Å². The number of rotatable bonds is 5. The molecule has 2 saturated heterocycles. The summed E-state index contributed by atoms with van der Waals surface area (Å²) in [7, 11) is 1.65. The number of ether oxygens (including phenoxy) is 3. The first kappa shape index (κ1) is 23.1. The van der Waals surface area contributed by atoms with Crippen LogP contribution in [0.15, 0.2) is 30.3 Å². The lowest BCUT2D eigenvalue weighted by molar-refractivity contribution is 0.0973. The van der Waals surface area contributed by atoms with E-state index in [1.165, 1.54) is 0 Å². The minimum atomic E-state index is 0.192. The smallest absolute Gasteiger partial charge is 0.229 e. The molecular formula is C25H30ClN5O3. The van der Waals surface area contributed by atoms with Gasteiger partial charge in [0.2, 0.25) is 5.95 Å². The zero-order valence-corrected chi connectivity index (χ0v) is 20.6. The maximum Gasteiger partial charge on any atom is 0.229 e. The van der Waals surface area contributed by atoms with Crippen molar-refractivity contribution in [3.63, 3.8) is 0 Å². The summed E-state index contributed by atoms with van der Waals surface area (Å²) in [4.78, 5) is 19.5. The van der Waals surface area contributed by atoms with Crippen LogP contribution in [0.1, 0.15) is 19.4 Å². The van der Waals surface area contributed by atoms with Gasteiger partial charge in [-0.2, -0.15) is 9.97 Å². The van der Waals surface area contributed by atoms with Gasteiger partial charge in [0.15, 0.2) is 5.65 Å². The van der Waals surface area contributed by atoms with Gasteiger partial charge in [0, 0.05) is 24.2 Å². The molecule has 2 aromatic heterocycles. The van der Waals surface area contributed by atoms with Gasteiger partial charge in [-0.05, 0) is 44.2 Å². The van der Waals surface area contributed by atoms with Crippen LogP contribution in [0, 0.1) is 0 Å². The molecule has 0 saturated carbocycles. The molecule has 4 heterocycles. The Hall–Kier alpha value is -2.68. The molecule has 0 spiro atoms. The van der Waals surface area contributed by atoms with Crippen LogP contribution in [0.4, 0.5) is 11.8 Å². The topological polar surface area (TPSA) is 72.8 Å². The van der Waals surface area contributed by atoms with Gasteiger partial charge in [0.05, 0.1) is 62.6 Å². The number of anilines is 2. The Morgan fingerprint density at radius 2 is 1.71 bits per heavy atom. The van der Waals surface area contributed by atoms with Crippen LogP contribution < -0.4 is 14.5 Å². The van der Waals surface area contributed by atoms with E-state index >= 15 is 0 Å². The second kappa shape index (κ2) is 9.90. The van der Waals surface area contributed by atoms with E-state index in [0.717, 1.165) is 46.9 Å². The third-order valence-corrected chi connectivity index (χ3v) is 6.80. The summed E-state index contributed by atoms with van der Waals surface area (Å²) in [5.74, 6) is 2.74. The van der Waals surface area contributed by atoms with Crippen LogP contribution in [-0.4, -0.2) is 73.7 Å². The van der Waals surface area contributed by atoms with E-state index in [4.69, 9.17) is 40.8 Å². The largest absolute Gasteiger partial charge is 0.496 e. The van der Waals surface area contributed by atoms with Crippen molar-refractivity contribution in [3.05, 3.63) is 35.9 Å². The number of hydrogen-bond acceptors (Lipinski definition) is 8. The molecule has 2 atom stereocenters. The van der Waals surface area contributed by atoms with Crippen molar-refractivity contribution in [2.24, 2.45) is 0 Å². The number of halogens is 1. The average Bonchev–Trinajstić information content (AvgIpc) is 2.88. The van der Waals surface area contributed by atoms with E-state index in [0.29, 0.717) is 43.9 Å². The average molecular weight is 484 g/mol. The maximum atomic E-state index is 6.15. The summed E-state index contributed by atoms with van der Waals surface area (Å²) in [6.45, 7) is 8.51. The normalized spacial score (nSPS) is 21.2. The van der Waals surface area contributed by atoms with Crippen LogP contribution in [0.5, 0.6) is 5.75 Å². The van der Waals surface area contributed by atoms with Crippen LogP contribution in [0.3, 0.4) is 0 Å². The maximum absolute atomic E-state index is 6.15. The van der Waals surface area contributed by atoms with Gasteiger partial charge in [-0.1, -0.05) is 0 Å². The van der Waals surface area contributed by atoms with E-state index in [-0.39, 0.29) is 12.1 Å². The van der Waals surface area contributed by atoms with E-state index in [1.807, 2.05) is 24.3 Å². The highest BCUT2D eigenvalue weighted by Gasteiger charge is 2.27. The van der Waals surface area contributed by atoms with E-state index in [9.17, 15) is 0 Å². The van der Waals surface area contributed by atoms with Gasteiger partial charge in [0.25, 0.3) is 0 Å². The number of aromatic nitrogens is 3. The molecule has 5 rings (SSSR count). The minimum absolute atomic E-state index is 0.192. The molecule has 3 aromatic rings. The van der Waals surface area contributed by atoms with E-state index < -0.39 is 0 Å². The second-order valence-corrected chi connectivity index (χ2v) is 9.08. The van der Waals surface area contributed by atoms with Crippen molar-refractivity contribution < 1.29 is 14.2 Å². The molecular weight excluding hydrogens is 454 g/mol. The highest BCUT2D eigenvalue weighted by Crippen LogP contribution is 2.32. The van der Waals surface area contributed by atoms with Crippen LogP contribution in [0.25, 0.3) is 22.3 Å². The highest BCUT2D eigenvalue weighted by molar-refractivity contribution is 6.17. The quantitative estimate of drug-likeness (QED) is 0.506. The molecule has 9 heteroatoms. The zero-order valence-electron chi connectivity index (χ0n) is 19.8. The molecule has 0 amide bonds. The Morgan fingerprint density at radius 1 is 0.971 bits per heavy atom. The first-order chi connectivity index (χ1) is 16.6. The van der Waals surface area contributed by atoms with Gasteiger partial charge in [0.1, 0.15) is 11.6 Å². The lowest BCUT2D eigenvalue weighted by Gasteiger charge is -2.37. The number of hydrogen-bond donors (Lipinski definition) is 0. The molecule has 0 N–H and O–H groups in total. The summed E-state index contributed by atoms with van der Waals surface area (Å²) in [5, 5.41) is 0.938. The summed E-state index contributed by atoms with van der Waals surface area (Å²) >= 11 is 6.15. The van der Waals surface area contributed by atoms with E-state index in [1.54, 1.807) is 7.11 Å². The number of benzene rings is 1. The SMILES string of the molecule is COc1ccc(-c2ccc3c(N4CCOC[C@@H]4C)nc(N4CCOC[C@@H]4C)nc3n2)cc1CCl. The van der Waals surface area contributed by atoms with Crippen molar-refractivity contribution in [2.45, 2.75) is 31.8 Å². The molecule has 2 aliphatic rings. The highest BCUT2D eigenvalue weighted by atomic mass is 35.5. The van der Waals surface area contributed by atoms with Gasteiger partial charge in [-0.25, -0.2) is 4.98 Å². The van der Waals surface area contributed by atoms with Crippen molar-refractivity contribution >= 4 is 34.4 Å². The Kier molecular flexibility index (Phi) is 6.72. The Morgan fingerprint density at radius 3 is 2.38 bits per heavy atom. The standard InChI is InChI=1S/C25H30ClN5O3/c1-16-14-33-10-8-30(16)24-20-5-6-21(18-4-7-22(32-3)19(12-18)13-26)27-23(20)28-25(29-24)31-9-11-34-15-17(31)2/h4-7,12,16-17H,8-11,13-15H2,1-3H3/t16-,17-/m0/s1. The summed E-state index contributed by atoms with van der Waals surface area (Å²) < 4.78 is 16.7. The van der Waals surface area contributed by atoms with Crippen molar-refractivity contribution in [2.75, 3.05) is 56.4 Å². The lowest BCUT2D eigenvalue weighted by atomic mass is 10.1. The molecule has 8 nitrogen and oxygen atoms in total. The predicted octanol–water partition coefficient (Wildman–Crippen LogP) is 3.89. The van der Waals surface area contributed by atoms with Gasteiger partial charge in [-0.15, -0.1) is 11.6 Å². The zero-order chi connectivity index (χ0) is 23.7. The number of pyridine rings is 1. The summed E-state index contributed by atoms with van der Waals surface area (Å²) in [6.07, 6.45) is 0. The molecule has 2 fully saturated rings. The second-order valence-electron chi connectivity index (χ2n) is 8.81. The van der Waals surface area contributed by atoms with Gasteiger partial charge >= 0.3 is 0 Å². The number of alkyl halides is 1. The first-order valence-corrected chi connectivity index (χ1v) is 12.2. The third-order valence-electron chi connectivity index (χ3n) is 6.51. The van der Waals surface area contributed by atoms with Crippen molar-refractivity contribution in [1.82, 2.24) is 15.0 Å². The summed E-state index contributed by atoms with van der Waals surface area (Å²) in [6, 6.07) is 10.5. The molecule has 1 aromatic carbocycles. The minimum Gasteiger partial charge on any atom is -0.496 e. The van der Waals surface area contributed by atoms with Crippen LogP contribution >= 0.6 is 11.6 Å². The number of morpholine rings is 2. The number of methoxy groups -OCH3 is 1. The number of fused-ring (bicyclic) bond motifs is 1. The van der Waals surface area contributed by atoms with E-state index in [2.05, 4.69) is 29.7 Å². The molecule has 180 valence electrons. The predicted molar refractivity (Wildman–Crippen MR) is 134 cm³/mol. The molecule has 0 unspecified atom stereocenters. The monoisotopic (exact) mass is 483 g/mol. The third kappa shape index (κ3) is 4.37. The fourth-order valence-corrected chi connectivity index (χ4v) is 4.81. The number of nitrogens with zero attached hydrogens (tertiary/aromatic N) is 5. The fraction of sp³-hybridized carbons (Fsp3) is 0.480. The first-order valence-electron chi connectivity index (χ1n) is 11.7. The Labute approximate surface area is 204 Å². The van der Waals surface area contributed by atoms with Gasteiger partial charge in [-0.3, -0.25) is 0 Å². The molecule has 34 heavy (non-hydrogen) atoms. The molecule has 2 aliphatic heterocycles. The van der Waals surface area contributed by atoms with Crippen LogP contribution in [0.2, 0.25) is 0 Å². The van der Waals surface area contributed by atoms with Crippen molar-refractivity contribution in [1.29, 1.82) is 0 Å². The lowest BCUT2D eigenvalue weighted by Crippen LogP contribution is -2.46. The molecule has 0 radical (unpaired) electrons. The van der Waals surface area contributed by atoms with Crippen molar-refractivity contribution in [3.8, 4) is 17.0 Å². The Bertz CT molecular complexity index is 1180. The summed E-state index contributed by atoms with van der Waals surface area (Å²) in [5.41, 5.74) is 3.41. The Balaban J connectivity index is 1.64.